The van der Waals surface area contributed by atoms with Crippen LogP contribution in [0.3, 0.4) is 0 Å². The Morgan fingerprint density at radius 2 is 2.37 bits per heavy atom. The molecule has 0 amide bonds. The molecule has 1 aliphatic heterocycles. The lowest BCUT2D eigenvalue weighted by atomic mass is 10.3. The lowest BCUT2D eigenvalue weighted by Crippen LogP contribution is -2.23. The van der Waals surface area contributed by atoms with Crippen LogP contribution in [0, 0.1) is 0 Å². The van der Waals surface area contributed by atoms with Gasteiger partial charge in [-0.3, -0.25) is 0 Å². The molecular weight excluding hydrogens is 260 g/mol. The summed E-state index contributed by atoms with van der Waals surface area (Å²) in [5, 5.41) is 1.12. The van der Waals surface area contributed by atoms with Crippen molar-refractivity contribution in [2.45, 2.75) is 25.9 Å². The molecule has 0 bridgehead atoms. The van der Waals surface area contributed by atoms with Gasteiger partial charge in [-0.1, -0.05) is 6.92 Å². The molecule has 5 nitrogen and oxygen atoms in total. The molecule has 3 rings (SSSR count). The summed E-state index contributed by atoms with van der Waals surface area (Å²) in [5.41, 5.74) is 5.84. The van der Waals surface area contributed by atoms with E-state index in [1.54, 1.807) is 18.4 Å². The SMILES string of the molecule is CCc1cc2c(N3CCC(OC)C3)nc(N)nc2s1. The molecule has 1 saturated heterocycles. The maximum absolute atomic E-state index is 5.84. The molecule has 0 saturated carbocycles. The Balaban J connectivity index is 2.04. The number of nitrogens with zero attached hydrogens (tertiary/aromatic N) is 3. The van der Waals surface area contributed by atoms with Crippen LogP contribution in [0.25, 0.3) is 10.2 Å². The molecule has 102 valence electrons. The van der Waals surface area contributed by atoms with E-state index < -0.39 is 0 Å². The Labute approximate surface area is 116 Å². The first-order valence-electron chi connectivity index (χ1n) is 6.55. The lowest BCUT2D eigenvalue weighted by Gasteiger charge is -2.18. The summed E-state index contributed by atoms with van der Waals surface area (Å²) in [7, 11) is 1.76. The second-order valence-corrected chi connectivity index (χ2v) is 5.90. The number of aryl methyl sites for hydroxylation is 1. The minimum atomic E-state index is 0.288. The third kappa shape index (κ3) is 2.26. The number of ether oxygens (including phenoxy) is 1. The van der Waals surface area contributed by atoms with Gasteiger partial charge in [0, 0.05) is 25.1 Å². The third-order valence-corrected chi connectivity index (χ3v) is 4.74. The number of fused-ring (bicyclic) bond motifs is 1. The number of aromatic nitrogens is 2. The standard InChI is InChI=1S/C13H18N4OS/c1-3-9-6-10-11(15-13(14)16-12(10)19-9)17-5-4-8(7-17)18-2/h6,8H,3-5,7H2,1-2H3,(H2,14,15,16). The van der Waals surface area contributed by atoms with Crippen LogP contribution in [-0.4, -0.2) is 36.3 Å². The van der Waals surface area contributed by atoms with E-state index >= 15 is 0 Å². The van der Waals surface area contributed by atoms with E-state index in [1.807, 2.05) is 0 Å². The molecule has 6 heteroatoms. The maximum atomic E-state index is 5.84. The van der Waals surface area contributed by atoms with Gasteiger partial charge in [0.25, 0.3) is 0 Å². The summed E-state index contributed by atoms with van der Waals surface area (Å²) in [6.07, 6.45) is 2.34. The van der Waals surface area contributed by atoms with Gasteiger partial charge in [0.15, 0.2) is 0 Å². The van der Waals surface area contributed by atoms with Crippen LogP contribution in [-0.2, 0) is 11.2 Å². The van der Waals surface area contributed by atoms with Gasteiger partial charge in [-0.05, 0) is 18.9 Å². The maximum Gasteiger partial charge on any atom is 0.223 e. The van der Waals surface area contributed by atoms with Gasteiger partial charge in [-0.15, -0.1) is 11.3 Å². The fraction of sp³-hybridized carbons (Fsp3) is 0.538. The molecule has 0 spiro atoms. The average molecular weight is 278 g/mol. The number of hydrogen-bond donors (Lipinski definition) is 1. The van der Waals surface area contributed by atoms with Crippen LogP contribution in [0.15, 0.2) is 6.07 Å². The zero-order valence-corrected chi connectivity index (χ0v) is 12.0. The highest BCUT2D eigenvalue weighted by molar-refractivity contribution is 7.18. The zero-order chi connectivity index (χ0) is 13.4. The van der Waals surface area contributed by atoms with Crippen LogP contribution in [0.4, 0.5) is 11.8 Å². The van der Waals surface area contributed by atoms with Gasteiger partial charge in [0.1, 0.15) is 10.6 Å². The highest BCUT2D eigenvalue weighted by Gasteiger charge is 2.25. The average Bonchev–Trinajstić information content (AvgIpc) is 3.03. The number of rotatable bonds is 3. The minimum absolute atomic E-state index is 0.288. The molecule has 3 heterocycles. The van der Waals surface area contributed by atoms with E-state index in [2.05, 4.69) is 27.9 Å². The van der Waals surface area contributed by atoms with Crippen molar-refractivity contribution in [3.05, 3.63) is 10.9 Å². The Morgan fingerprint density at radius 3 is 3.05 bits per heavy atom. The normalized spacial score (nSPS) is 19.5. The predicted octanol–water partition coefficient (Wildman–Crippen LogP) is 2.06. The highest BCUT2D eigenvalue weighted by atomic mass is 32.1. The molecule has 1 atom stereocenters. The summed E-state index contributed by atoms with van der Waals surface area (Å²) < 4.78 is 5.42. The van der Waals surface area contributed by atoms with Crippen molar-refractivity contribution in [1.82, 2.24) is 9.97 Å². The Morgan fingerprint density at radius 1 is 1.53 bits per heavy atom. The number of thiophene rings is 1. The van der Waals surface area contributed by atoms with Crippen molar-refractivity contribution in [2.75, 3.05) is 30.8 Å². The van der Waals surface area contributed by atoms with Gasteiger partial charge in [-0.2, -0.15) is 4.98 Å². The van der Waals surface area contributed by atoms with Gasteiger partial charge >= 0.3 is 0 Å². The van der Waals surface area contributed by atoms with Crippen LogP contribution in [0.2, 0.25) is 0 Å². The molecule has 0 aliphatic carbocycles. The summed E-state index contributed by atoms with van der Waals surface area (Å²) >= 11 is 1.70. The van der Waals surface area contributed by atoms with E-state index in [9.17, 15) is 0 Å². The predicted molar refractivity (Wildman–Crippen MR) is 78.8 cm³/mol. The van der Waals surface area contributed by atoms with Crippen molar-refractivity contribution < 1.29 is 4.74 Å². The molecule has 1 unspecified atom stereocenters. The fourth-order valence-corrected chi connectivity index (χ4v) is 3.47. The van der Waals surface area contributed by atoms with Crippen molar-refractivity contribution in [3.63, 3.8) is 0 Å². The molecule has 2 aromatic rings. The van der Waals surface area contributed by atoms with Crippen molar-refractivity contribution >= 4 is 33.3 Å². The highest BCUT2D eigenvalue weighted by Crippen LogP contribution is 2.33. The van der Waals surface area contributed by atoms with E-state index in [1.165, 1.54) is 4.88 Å². The van der Waals surface area contributed by atoms with Crippen LogP contribution < -0.4 is 10.6 Å². The molecule has 1 fully saturated rings. The van der Waals surface area contributed by atoms with E-state index in [0.717, 1.165) is 42.0 Å². The topological polar surface area (TPSA) is 64.3 Å². The fourth-order valence-electron chi connectivity index (χ4n) is 2.50. The number of anilines is 2. The third-order valence-electron chi connectivity index (χ3n) is 3.57. The molecule has 0 radical (unpaired) electrons. The molecule has 0 aromatic carbocycles. The minimum Gasteiger partial charge on any atom is -0.380 e. The monoisotopic (exact) mass is 278 g/mol. The first-order chi connectivity index (χ1) is 9.21. The summed E-state index contributed by atoms with van der Waals surface area (Å²) in [5.74, 6) is 1.31. The van der Waals surface area contributed by atoms with Crippen LogP contribution >= 0.6 is 11.3 Å². The van der Waals surface area contributed by atoms with Crippen molar-refractivity contribution in [2.24, 2.45) is 0 Å². The molecule has 19 heavy (non-hydrogen) atoms. The molecular formula is C13H18N4OS. The zero-order valence-electron chi connectivity index (χ0n) is 11.2. The van der Waals surface area contributed by atoms with Gasteiger partial charge < -0.3 is 15.4 Å². The number of hydrogen-bond acceptors (Lipinski definition) is 6. The lowest BCUT2D eigenvalue weighted by molar-refractivity contribution is 0.121. The first-order valence-corrected chi connectivity index (χ1v) is 7.36. The van der Waals surface area contributed by atoms with Gasteiger partial charge in [0.05, 0.1) is 11.5 Å². The number of nitrogen functional groups attached to an aromatic ring is 1. The van der Waals surface area contributed by atoms with Crippen LogP contribution in [0.1, 0.15) is 18.2 Å². The Bertz CT molecular complexity index is 598. The van der Waals surface area contributed by atoms with Crippen LogP contribution in [0.5, 0.6) is 0 Å². The number of nitrogens with two attached hydrogens (primary N) is 1. The van der Waals surface area contributed by atoms with E-state index in [-0.39, 0.29) is 6.10 Å². The Kier molecular flexibility index (Phi) is 3.28. The summed E-state index contributed by atoms with van der Waals surface area (Å²) in [6.45, 7) is 3.98. The molecule has 1 aliphatic rings. The largest absolute Gasteiger partial charge is 0.380 e. The van der Waals surface area contributed by atoms with Crippen molar-refractivity contribution in [3.8, 4) is 0 Å². The van der Waals surface area contributed by atoms with E-state index in [0.29, 0.717) is 5.95 Å². The molecule has 2 N–H and O–H groups in total. The van der Waals surface area contributed by atoms with E-state index in [4.69, 9.17) is 10.5 Å². The van der Waals surface area contributed by atoms with Gasteiger partial charge in [0.2, 0.25) is 5.95 Å². The second kappa shape index (κ2) is 4.94. The smallest absolute Gasteiger partial charge is 0.223 e. The number of methoxy groups -OCH3 is 1. The quantitative estimate of drug-likeness (QED) is 0.931. The summed E-state index contributed by atoms with van der Waals surface area (Å²) in [4.78, 5) is 13.3. The first kappa shape index (κ1) is 12.6. The van der Waals surface area contributed by atoms with Gasteiger partial charge in [-0.25, -0.2) is 4.98 Å². The second-order valence-electron chi connectivity index (χ2n) is 4.78. The summed E-state index contributed by atoms with van der Waals surface area (Å²) in [6, 6.07) is 2.19. The van der Waals surface area contributed by atoms with Crippen molar-refractivity contribution in [1.29, 1.82) is 0 Å². The Hall–Kier alpha value is -1.40. The molecule has 2 aromatic heterocycles.